The Balaban J connectivity index is 1.69. The number of aromatic amines is 1. The number of nitrogens with zero attached hydrogens (tertiary/aromatic N) is 3. The lowest BCUT2D eigenvalue weighted by atomic mass is 9.91. The lowest BCUT2D eigenvalue weighted by molar-refractivity contribution is -0.137. The third-order valence-electron chi connectivity index (χ3n) is 6.05. The number of aromatic nitrogens is 3. The van der Waals surface area contributed by atoms with Gasteiger partial charge in [0.2, 0.25) is 0 Å². The van der Waals surface area contributed by atoms with E-state index in [4.69, 9.17) is 0 Å². The molecule has 5 nitrogen and oxygen atoms in total. The Hall–Kier alpha value is -3.55. The Kier molecular flexibility index (Phi) is 4.62. The maximum absolute atomic E-state index is 13.6. The number of para-hydroxylation sites is 1. The van der Waals surface area contributed by atoms with Crippen LogP contribution in [-0.4, -0.2) is 32.1 Å². The zero-order chi connectivity index (χ0) is 22.6. The standard InChI is InChI=1S/C24H21F3N4O/c1-14-12-20(30(2)29-14)23(32)31-11-10-18-17-8-3-4-9-19(17)28-21(18)22(31)15-6-5-7-16(13-15)24(25,26)27/h3-9,12-13,22,28H,10-11H2,1-2H3. The van der Waals surface area contributed by atoms with Gasteiger partial charge in [0.1, 0.15) is 5.69 Å². The van der Waals surface area contributed by atoms with Gasteiger partial charge in [0.15, 0.2) is 0 Å². The van der Waals surface area contributed by atoms with Crippen LogP contribution in [0.15, 0.2) is 54.6 Å². The SMILES string of the molecule is Cc1cc(C(=O)N2CCc3c([nH]c4ccccc34)C2c2cccc(C(F)(F)F)c2)n(C)n1. The molecule has 3 heterocycles. The van der Waals surface area contributed by atoms with E-state index in [1.807, 2.05) is 24.3 Å². The van der Waals surface area contributed by atoms with Crippen molar-refractivity contribution in [2.45, 2.75) is 25.6 Å². The number of nitrogens with one attached hydrogen (secondary N) is 1. The van der Waals surface area contributed by atoms with Gasteiger partial charge in [0, 0.05) is 30.2 Å². The fourth-order valence-corrected chi connectivity index (χ4v) is 4.65. The number of H-pyrrole nitrogens is 1. The molecule has 8 heteroatoms. The van der Waals surface area contributed by atoms with E-state index in [2.05, 4.69) is 10.1 Å². The molecule has 32 heavy (non-hydrogen) atoms. The van der Waals surface area contributed by atoms with E-state index in [0.29, 0.717) is 29.9 Å². The monoisotopic (exact) mass is 438 g/mol. The molecule has 5 rings (SSSR count). The number of halogens is 3. The summed E-state index contributed by atoms with van der Waals surface area (Å²) < 4.78 is 41.9. The first-order valence-electron chi connectivity index (χ1n) is 10.3. The van der Waals surface area contributed by atoms with Crippen LogP contribution >= 0.6 is 0 Å². The van der Waals surface area contributed by atoms with E-state index < -0.39 is 17.8 Å². The van der Waals surface area contributed by atoms with E-state index in [-0.39, 0.29) is 5.91 Å². The number of fused-ring (bicyclic) bond motifs is 3. The number of aryl methyl sites for hydroxylation is 2. The highest BCUT2D eigenvalue weighted by Gasteiger charge is 2.37. The highest BCUT2D eigenvalue weighted by Crippen LogP contribution is 2.40. The molecule has 1 N–H and O–H groups in total. The zero-order valence-electron chi connectivity index (χ0n) is 17.6. The molecule has 1 aliphatic heterocycles. The number of rotatable bonds is 2. The third-order valence-corrected chi connectivity index (χ3v) is 6.05. The molecule has 1 atom stereocenters. The molecule has 1 unspecified atom stereocenters. The average molecular weight is 438 g/mol. The second kappa shape index (κ2) is 7.25. The molecule has 0 bridgehead atoms. The summed E-state index contributed by atoms with van der Waals surface area (Å²) >= 11 is 0. The molecule has 4 aromatic rings. The van der Waals surface area contributed by atoms with Crippen LogP contribution in [0.5, 0.6) is 0 Å². The zero-order valence-corrected chi connectivity index (χ0v) is 17.6. The average Bonchev–Trinajstić information content (AvgIpc) is 3.31. The molecule has 1 amide bonds. The second-order valence-corrected chi connectivity index (χ2v) is 8.13. The summed E-state index contributed by atoms with van der Waals surface area (Å²) in [7, 11) is 1.69. The van der Waals surface area contributed by atoms with Crippen LogP contribution in [0.2, 0.25) is 0 Å². The Morgan fingerprint density at radius 2 is 1.91 bits per heavy atom. The van der Waals surface area contributed by atoms with Crippen LogP contribution in [0.1, 0.15) is 44.6 Å². The fraction of sp³-hybridized carbons (Fsp3) is 0.250. The minimum absolute atomic E-state index is 0.264. The van der Waals surface area contributed by atoms with Crippen molar-refractivity contribution in [3.63, 3.8) is 0 Å². The molecule has 2 aromatic carbocycles. The van der Waals surface area contributed by atoms with Crippen molar-refractivity contribution in [1.82, 2.24) is 19.7 Å². The Morgan fingerprint density at radius 3 is 2.62 bits per heavy atom. The van der Waals surface area contributed by atoms with Crippen LogP contribution in [0.3, 0.4) is 0 Å². The normalized spacial score (nSPS) is 16.4. The molecule has 0 saturated carbocycles. The maximum Gasteiger partial charge on any atom is 0.416 e. The second-order valence-electron chi connectivity index (χ2n) is 8.13. The number of amides is 1. The predicted octanol–water partition coefficient (Wildman–Crippen LogP) is 5.02. The van der Waals surface area contributed by atoms with Crippen LogP contribution in [0, 0.1) is 6.92 Å². The minimum Gasteiger partial charge on any atom is -0.356 e. The topological polar surface area (TPSA) is 53.9 Å². The highest BCUT2D eigenvalue weighted by atomic mass is 19.4. The summed E-state index contributed by atoms with van der Waals surface area (Å²) in [5.41, 5.74) is 3.48. The summed E-state index contributed by atoms with van der Waals surface area (Å²) in [6.07, 6.45) is -3.86. The summed E-state index contributed by atoms with van der Waals surface area (Å²) in [5.74, 6) is -0.264. The van der Waals surface area contributed by atoms with Crippen LogP contribution in [0.4, 0.5) is 13.2 Å². The van der Waals surface area contributed by atoms with E-state index in [1.54, 1.807) is 31.0 Å². The molecule has 164 valence electrons. The van der Waals surface area contributed by atoms with Crippen molar-refractivity contribution in [1.29, 1.82) is 0 Å². The van der Waals surface area contributed by atoms with E-state index in [9.17, 15) is 18.0 Å². The maximum atomic E-state index is 13.6. The van der Waals surface area contributed by atoms with Crippen LogP contribution < -0.4 is 0 Å². The molecular formula is C24H21F3N4O. The number of hydrogen-bond donors (Lipinski definition) is 1. The Labute approximate surface area is 182 Å². The van der Waals surface area contributed by atoms with Crippen LogP contribution in [0.25, 0.3) is 10.9 Å². The summed E-state index contributed by atoms with van der Waals surface area (Å²) in [4.78, 5) is 18.6. The number of hydrogen-bond acceptors (Lipinski definition) is 2. The quantitative estimate of drug-likeness (QED) is 0.478. The first-order chi connectivity index (χ1) is 15.2. The van der Waals surface area contributed by atoms with Gasteiger partial charge in [-0.2, -0.15) is 18.3 Å². The van der Waals surface area contributed by atoms with Crippen molar-refractivity contribution in [3.05, 3.63) is 88.4 Å². The highest BCUT2D eigenvalue weighted by molar-refractivity contribution is 5.94. The van der Waals surface area contributed by atoms with Gasteiger partial charge >= 0.3 is 6.18 Å². The van der Waals surface area contributed by atoms with Gasteiger partial charge < -0.3 is 9.88 Å². The molecule has 2 aromatic heterocycles. The van der Waals surface area contributed by atoms with Gasteiger partial charge in [0.25, 0.3) is 5.91 Å². The van der Waals surface area contributed by atoms with Crippen molar-refractivity contribution < 1.29 is 18.0 Å². The van der Waals surface area contributed by atoms with E-state index >= 15 is 0 Å². The van der Waals surface area contributed by atoms with Crippen molar-refractivity contribution in [2.75, 3.05) is 6.54 Å². The predicted molar refractivity (Wildman–Crippen MR) is 114 cm³/mol. The third kappa shape index (κ3) is 3.26. The van der Waals surface area contributed by atoms with Gasteiger partial charge in [-0.3, -0.25) is 9.48 Å². The molecule has 0 spiro atoms. The Morgan fingerprint density at radius 1 is 1.12 bits per heavy atom. The van der Waals surface area contributed by atoms with Gasteiger partial charge in [-0.05, 0) is 48.7 Å². The largest absolute Gasteiger partial charge is 0.416 e. The fourth-order valence-electron chi connectivity index (χ4n) is 4.65. The van der Waals surface area contributed by atoms with Gasteiger partial charge in [0.05, 0.1) is 17.3 Å². The molecule has 0 fully saturated rings. The molecule has 0 radical (unpaired) electrons. The lowest BCUT2D eigenvalue weighted by Gasteiger charge is -2.36. The molecular weight excluding hydrogens is 417 g/mol. The van der Waals surface area contributed by atoms with Gasteiger partial charge in [-0.15, -0.1) is 0 Å². The number of alkyl halides is 3. The lowest BCUT2D eigenvalue weighted by Crippen LogP contribution is -2.41. The molecule has 0 aliphatic carbocycles. The smallest absolute Gasteiger partial charge is 0.356 e. The van der Waals surface area contributed by atoms with E-state index in [1.165, 1.54) is 10.7 Å². The molecule has 0 saturated heterocycles. The number of carbonyl (C=O) groups excluding carboxylic acids is 1. The van der Waals surface area contributed by atoms with Crippen molar-refractivity contribution in [3.8, 4) is 0 Å². The van der Waals surface area contributed by atoms with Crippen LogP contribution in [-0.2, 0) is 19.6 Å². The first kappa shape index (κ1) is 20.4. The number of benzene rings is 2. The van der Waals surface area contributed by atoms with Crippen molar-refractivity contribution in [2.24, 2.45) is 7.05 Å². The first-order valence-corrected chi connectivity index (χ1v) is 10.3. The van der Waals surface area contributed by atoms with Gasteiger partial charge in [-0.1, -0.05) is 30.3 Å². The van der Waals surface area contributed by atoms with Gasteiger partial charge in [-0.25, -0.2) is 0 Å². The minimum atomic E-state index is -4.47. The molecule has 1 aliphatic rings. The summed E-state index contributed by atoms with van der Waals surface area (Å²) in [6.45, 7) is 2.19. The van der Waals surface area contributed by atoms with Crippen molar-refractivity contribution >= 4 is 16.8 Å². The van der Waals surface area contributed by atoms with E-state index in [0.717, 1.165) is 34.3 Å². The Bertz CT molecular complexity index is 1330. The number of carbonyl (C=O) groups is 1. The summed E-state index contributed by atoms with van der Waals surface area (Å²) in [6, 6.07) is 14.0. The summed E-state index contributed by atoms with van der Waals surface area (Å²) in [5, 5.41) is 5.29.